The number of rotatable bonds is 15. The van der Waals surface area contributed by atoms with Gasteiger partial charge in [-0.25, -0.2) is 9.59 Å². The van der Waals surface area contributed by atoms with Crippen molar-refractivity contribution >= 4 is 17.9 Å². The van der Waals surface area contributed by atoms with E-state index in [1.54, 1.807) is 6.92 Å². The van der Waals surface area contributed by atoms with Crippen LogP contribution >= 0.6 is 0 Å². The number of carbonyl (C=O) groups excluding carboxylic acids is 3. The van der Waals surface area contributed by atoms with Crippen molar-refractivity contribution in [2.45, 2.75) is 233 Å². The second-order valence-corrected chi connectivity index (χ2v) is 26.1. The molecule has 0 bridgehead atoms. The first-order valence-electron chi connectivity index (χ1n) is 28.0. The highest BCUT2D eigenvalue weighted by Gasteiger charge is 2.76. The summed E-state index contributed by atoms with van der Waals surface area (Å²) in [6.45, 7) is 22.6. The van der Waals surface area contributed by atoms with Gasteiger partial charge in [0.25, 0.3) is 0 Å². The van der Waals surface area contributed by atoms with Crippen LogP contribution in [0.15, 0.2) is 34.9 Å². The van der Waals surface area contributed by atoms with E-state index in [1.807, 2.05) is 48.5 Å². The predicted octanol–water partition coefficient (Wildman–Crippen LogP) is 3.69. The minimum atomic E-state index is -1.89. The fraction of sp³-hybridized carbons (Fsp3) is 0.845. The van der Waals surface area contributed by atoms with Crippen molar-refractivity contribution in [2.75, 3.05) is 20.3 Å². The van der Waals surface area contributed by atoms with Crippen molar-refractivity contribution in [3.63, 3.8) is 0 Å². The van der Waals surface area contributed by atoms with E-state index < -0.39 is 167 Å². The average Bonchev–Trinajstić information content (AvgIpc) is 3.57. The molecule has 77 heavy (non-hydrogen) atoms. The molecule has 23 atom stereocenters. The molecule has 9 N–H and O–H groups in total. The molecule has 19 nitrogen and oxygen atoms in total. The fourth-order valence-electron chi connectivity index (χ4n) is 15.8. The summed E-state index contributed by atoms with van der Waals surface area (Å²) in [5.74, 6) is -3.47. The Morgan fingerprint density at radius 3 is 2.08 bits per heavy atom. The van der Waals surface area contributed by atoms with Crippen molar-refractivity contribution in [3.8, 4) is 0 Å². The highest BCUT2D eigenvalue weighted by atomic mass is 16.8. The molecule has 0 aromatic carbocycles. The number of carbonyl (C=O) groups is 3. The Hall–Kier alpha value is -2.89. The Balaban J connectivity index is 1.21. The number of aliphatic hydroxyl groups excluding tert-OH is 9. The van der Waals surface area contributed by atoms with Crippen LogP contribution in [-0.4, -0.2) is 176 Å². The van der Waals surface area contributed by atoms with Crippen LogP contribution in [0.25, 0.3) is 0 Å². The maximum atomic E-state index is 14.0. The molecule has 0 aromatic rings. The third-order valence-corrected chi connectivity index (χ3v) is 20.8. The van der Waals surface area contributed by atoms with Crippen LogP contribution < -0.4 is 0 Å². The van der Waals surface area contributed by atoms with E-state index >= 15 is 0 Å². The topological polar surface area (TPSA) is 298 Å². The lowest BCUT2D eigenvalue weighted by molar-refractivity contribution is -0.375. The van der Waals surface area contributed by atoms with E-state index in [4.69, 9.17) is 33.2 Å². The minimum absolute atomic E-state index is 0.0498. The molecular weight excluding hydrogens is 1000 g/mol. The van der Waals surface area contributed by atoms with Gasteiger partial charge in [0.15, 0.2) is 24.8 Å². The molecule has 5 aliphatic carbocycles. The average molecular weight is 1090 g/mol. The van der Waals surface area contributed by atoms with Crippen molar-refractivity contribution in [3.05, 3.63) is 34.9 Å². The van der Waals surface area contributed by atoms with E-state index in [9.17, 15) is 60.3 Å². The lowest BCUT2D eigenvalue weighted by Crippen LogP contribution is -2.76. The molecule has 7 aliphatic rings. The molecule has 19 heteroatoms. The lowest BCUT2D eigenvalue weighted by atomic mass is 9.32. The molecule has 0 radical (unpaired) electrons. The molecule has 7 rings (SSSR count). The van der Waals surface area contributed by atoms with E-state index in [0.717, 1.165) is 30.2 Å². The molecule has 4 saturated carbocycles. The third kappa shape index (κ3) is 10.3. The molecule has 0 amide bonds. The minimum Gasteiger partial charge on any atom is -0.467 e. The standard InChI is InChI=1S/C58H92O19/c1-14-30(5)49(69)77-48-47(74-37(61)24-29(4)17-15-16-28(2)3)53(6,7)25-32-31-18-19-35-55(10)22-21-36(54(8,9)34(55)20-23-56(35,11)57(31,12)45(67)46(68)58(32,48)27-60)73-52-44(41(65)40(64)43(75-52)50(70)71-13)76-51-42(66)39(63)38(62)33(26-59)72-51/h16,18,24,30,32-36,38-48,51-52,59-60,62-68H,14-15,17,19-23,25-27H2,1-13H3/b29-24-/t30?,32-,33+,34?,35+,36-,38+,39-,40-,41-,42+,43-,44+,45-,46+,47-,48-,51-,52+,55-,56+,57-,58-/m0/s1. The maximum absolute atomic E-state index is 14.0. The first kappa shape index (κ1) is 61.7. The van der Waals surface area contributed by atoms with Crippen molar-refractivity contribution in [2.24, 2.45) is 56.2 Å². The number of aliphatic hydroxyl groups is 9. The molecule has 2 unspecified atom stereocenters. The number of esters is 3. The fourth-order valence-corrected chi connectivity index (χ4v) is 15.8. The van der Waals surface area contributed by atoms with Gasteiger partial charge in [-0.3, -0.25) is 4.79 Å². The number of fused-ring (bicyclic) bond motifs is 7. The summed E-state index contributed by atoms with van der Waals surface area (Å²) in [4.78, 5) is 40.9. The van der Waals surface area contributed by atoms with Gasteiger partial charge in [0.1, 0.15) is 48.8 Å². The quantitative estimate of drug-likeness (QED) is 0.0371. The largest absolute Gasteiger partial charge is 0.467 e. The Bertz CT molecular complexity index is 2240. The Labute approximate surface area is 454 Å². The molecule has 2 saturated heterocycles. The van der Waals surface area contributed by atoms with Crippen LogP contribution in [0, 0.1) is 56.2 Å². The van der Waals surface area contributed by atoms with Gasteiger partial charge in [0, 0.05) is 16.9 Å². The first-order valence-corrected chi connectivity index (χ1v) is 28.0. The summed E-state index contributed by atoms with van der Waals surface area (Å²) in [6, 6.07) is 0. The van der Waals surface area contributed by atoms with Gasteiger partial charge in [-0.2, -0.15) is 0 Å². The normalized spacial score (nSPS) is 45.6. The smallest absolute Gasteiger partial charge is 0.337 e. The number of ether oxygens (including phenoxy) is 7. The van der Waals surface area contributed by atoms with Gasteiger partial charge in [0.05, 0.1) is 50.0 Å². The van der Waals surface area contributed by atoms with Gasteiger partial charge >= 0.3 is 17.9 Å². The second kappa shape index (κ2) is 22.8. The van der Waals surface area contributed by atoms with Crippen LogP contribution in [0.2, 0.25) is 0 Å². The maximum Gasteiger partial charge on any atom is 0.337 e. The summed E-state index contributed by atoms with van der Waals surface area (Å²) in [7, 11) is 1.10. The van der Waals surface area contributed by atoms with E-state index in [2.05, 4.69) is 39.8 Å². The molecule has 6 fully saturated rings. The Kier molecular flexibility index (Phi) is 18.3. The molecule has 438 valence electrons. The van der Waals surface area contributed by atoms with Crippen molar-refractivity contribution in [1.82, 2.24) is 0 Å². The second-order valence-electron chi connectivity index (χ2n) is 26.1. The van der Waals surface area contributed by atoms with Gasteiger partial charge in [0.2, 0.25) is 0 Å². The molecule has 2 aliphatic heterocycles. The van der Waals surface area contributed by atoms with Crippen LogP contribution in [-0.2, 0) is 47.5 Å². The zero-order chi connectivity index (χ0) is 57.3. The molecular formula is C58H92O19. The Morgan fingerprint density at radius 2 is 1.47 bits per heavy atom. The van der Waals surface area contributed by atoms with Gasteiger partial charge in [-0.05, 0) is 113 Å². The summed E-state index contributed by atoms with van der Waals surface area (Å²) in [5.41, 5.74) is -2.48. The highest BCUT2D eigenvalue weighted by Crippen LogP contribution is 2.76. The van der Waals surface area contributed by atoms with Crippen LogP contribution in [0.5, 0.6) is 0 Å². The number of hydrogen-bond acceptors (Lipinski definition) is 19. The lowest BCUT2D eigenvalue weighted by Gasteiger charge is -2.73. The van der Waals surface area contributed by atoms with Gasteiger partial charge < -0.3 is 79.1 Å². The summed E-state index contributed by atoms with van der Waals surface area (Å²) >= 11 is 0. The number of allylic oxidation sites excluding steroid dienone is 4. The van der Waals surface area contributed by atoms with Crippen molar-refractivity contribution in [1.29, 1.82) is 0 Å². The molecule has 0 aromatic heterocycles. The van der Waals surface area contributed by atoms with E-state index in [1.165, 1.54) is 6.08 Å². The summed E-state index contributed by atoms with van der Waals surface area (Å²) in [6.07, 6.45) is -12.6. The highest BCUT2D eigenvalue weighted by molar-refractivity contribution is 5.83. The van der Waals surface area contributed by atoms with E-state index in [0.29, 0.717) is 51.4 Å². The first-order chi connectivity index (χ1) is 35.9. The zero-order valence-corrected chi connectivity index (χ0v) is 47.6. The summed E-state index contributed by atoms with van der Waals surface area (Å²) < 4.78 is 42.2. The van der Waals surface area contributed by atoms with E-state index in [-0.39, 0.29) is 11.8 Å². The third-order valence-electron chi connectivity index (χ3n) is 20.8. The van der Waals surface area contributed by atoms with Crippen LogP contribution in [0.4, 0.5) is 0 Å². The zero-order valence-electron chi connectivity index (χ0n) is 47.6. The van der Waals surface area contributed by atoms with Crippen molar-refractivity contribution < 1.29 is 93.5 Å². The van der Waals surface area contributed by atoms with Gasteiger partial charge in [-0.1, -0.05) is 91.2 Å². The molecule has 0 spiro atoms. The number of methoxy groups -OCH3 is 1. The summed E-state index contributed by atoms with van der Waals surface area (Å²) in [5, 5.41) is 103. The molecule has 2 heterocycles. The Morgan fingerprint density at radius 1 is 0.792 bits per heavy atom. The van der Waals surface area contributed by atoms with Crippen LogP contribution in [0.3, 0.4) is 0 Å². The SMILES string of the molecule is CCC(C)C(=O)O[C@H]1[C@H](OC(=O)/C=C(/C)CCC=C(C)C)C(C)(C)C[C@H]2C3=CC[C@@H]4[C@@]5(C)CC[C@H](O[C@@H]6O[C@H](C(=O)OC)[C@@H](O)[C@H](O)[C@H]6O[C@@H]6O[C@H](CO)[C@@H](O)[C@H](O)[C@H]6O)C(C)(C)C5CC[C@@]4(C)[C@]3(C)[C@@H](O)[C@@H](O)[C@]21CO. The number of hydrogen-bond donors (Lipinski definition) is 9. The predicted molar refractivity (Wildman–Crippen MR) is 278 cm³/mol. The van der Waals surface area contributed by atoms with Crippen LogP contribution in [0.1, 0.15) is 141 Å². The monoisotopic (exact) mass is 1090 g/mol. The van der Waals surface area contributed by atoms with Gasteiger partial charge in [-0.15, -0.1) is 0 Å².